The third kappa shape index (κ3) is 1.28. The number of nitrogens with two attached hydrogens (primary N) is 1. The topological polar surface area (TPSA) is 52.0 Å². The molecule has 13 heavy (non-hydrogen) atoms. The zero-order valence-electron chi connectivity index (χ0n) is 7.32. The molecule has 0 bridgehead atoms. The van der Waals surface area contributed by atoms with Crippen molar-refractivity contribution in [1.82, 2.24) is 5.16 Å². The maximum absolute atomic E-state index is 5.69. The van der Waals surface area contributed by atoms with E-state index in [4.69, 9.17) is 10.3 Å². The standard InChI is InChI=1S/C10H10N2O/c1-7-4-2-3-5-8(7)10-9(11)6-13-12-10/h2-6H,11H2,1H3. The van der Waals surface area contributed by atoms with Crippen molar-refractivity contribution in [1.29, 1.82) is 0 Å². The molecule has 1 heterocycles. The average Bonchev–Trinajstić information content (AvgIpc) is 2.52. The van der Waals surface area contributed by atoms with Crippen LogP contribution < -0.4 is 5.73 Å². The van der Waals surface area contributed by atoms with Crippen molar-refractivity contribution in [2.75, 3.05) is 5.73 Å². The molecule has 0 aliphatic rings. The molecule has 1 aromatic carbocycles. The molecular weight excluding hydrogens is 164 g/mol. The lowest BCUT2D eigenvalue weighted by Gasteiger charge is -2.00. The number of nitrogens with zero attached hydrogens (tertiary/aromatic N) is 1. The van der Waals surface area contributed by atoms with E-state index in [0.29, 0.717) is 5.69 Å². The Hall–Kier alpha value is -1.77. The first-order chi connectivity index (χ1) is 6.29. The SMILES string of the molecule is Cc1ccccc1-c1nocc1N. The zero-order chi connectivity index (χ0) is 9.26. The number of anilines is 1. The van der Waals surface area contributed by atoms with Gasteiger partial charge in [-0.2, -0.15) is 0 Å². The first kappa shape index (κ1) is 7.86. The van der Waals surface area contributed by atoms with E-state index in [1.165, 1.54) is 6.26 Å². The lowest BCUT2D eigenvalue weighted by atomic mass is 10.1. The minimum atomic E-state index is 0.578. The second-order valence-corrected chi connectivity index (χ2v) is 2.93. The minimum Gasteiger partial charge on any atom is -0.394 e. The lowest BCUT2D eigenvalue weighted by Crippen LogP contribution is -1.88. The lowest BCUT2D eigenvalue weighted by molar-refractivity contribution is 0.422. The molecule has 2 aromatic rings. The fraction of sp³-hybridized carbons (Fsp3) is 0.100. The largest absolute Gasteiger partial charge is 0.394 e. The van der Waals surface area contributed by atoms with E-state index in [9.17, 15) is 0 Å². The van der Waals surface area contributed by atoms with E-state index < -0.39 is 0 Å². The van der Waals surface area contributed by atoms with Gasteiger partial charge in [-0.3, -0.25) is 0 Å². The molecule has 66 valence electrons. The maximum atomic E-state index is 5.69. The summed E-state index contributed by atoms with van der Waals surface area (Å²) in [5.74, 6) is 0. The van der Waals surface area contributed by atoms with Crippen LogP contribution in [0.1, 0.15) is 5.56 Å². The summed E-state index contributed by atoms with van der Waals surface area (Å²) in [5.41, 5.74) is 9.15. The molecule has 0 amide bonds. The van der Waals surface area contributed by atoms with Gasteiger partial charge in [-0.1, -0.05) is 29.4 Å². The number of aryl methyl sites for hydroxylation is 1. The van der Waals surface area contributed by atoms with Crippen LogP contribution >= 0.6 is 0 Å². The van der Waals surface area contributed by atoms with Crippen molar-refractivity contribution < 1.29 is 4.52 Å². The van der Waals surface area contributed by atoms with Crippen LogP contribution in [-0.4, -0.2) is 5.16 Å². The van der Waals surface area contributed by atoms with Gasteiger partial charge in [-0.25, -0.2) is 0 Å². The van der Waals surface area contributed by atoms with Crippen LogP contribution in [0.25, 0.3) is 11.3 Å². The molecule has 1 aromatic heterocycles. The van der Waals surface area contributed by atoms with Crippen molar-refractivity contribution in [3.05, 3.63) is 36.1 Å². The Morgan fingerprint density at radius 3 is 2.69 bits per heavy atom. The van der Waals surface area contributed by atoms with E-state index in [1.54, 1.807) is 0 Å². The fourth-order valence-corrected chi connectivity index (χ4v) is 1.29. The predicted molar refractivity (Wildman–Crippen MR) is 51.1 cm³/mol. The van der Waals surface area contributed by atoms with Gasteiger partial charge in [0.25, 0.3) is 0 Å². The Kier molecular flexibility index (Phi) is 1.77. The number of rotatable bonds is 1. The van der Waals surface area contributed by atoms with Crippen molar-refractivity contribution in [2.24, 2.45) is 0 Å². The Morgan fingerprint density at radius 1 is 1.31 bits per heavy atom. The molecule has 0 atom stereocenters. The summed E-state index contributed by atoms with van der Waals surface area (Å²) in [6.07, 6.45) is 1.45. The zero-order valence-corrected chi connectivity index (χ0v) is 7.32. The van der Waals surface area contributed by atoms with Gasteiger partial charge in [-0.15, -0.1) is 0 Å². The molecule has 2 rings (SSSR count). The van der Waals surface area contributed by atoms with Crippen LogP contribution in [0.4, 0.5) is 5.69 Å². The van der Waals surface area contributed by atoms with Crippen molar-refractivity contribution in [2.45, 2.75) is 6.92 Å². The summed E-state index contributed by atoms with van der Waals surface area (Å²) < 4.78 is 4.78. The van der Waals surface area contributed by atoms with Gasteiger partial charge in [0.15, 0.2) is 0 Å². The highest BCUT2D eigenvalue weighted by atomic mass is 16.5. The smallest absolute Gasteiger partial charge is 0.147 e. The molecule has 0 unspecified atom stereocenters. The van der Waals surface area contributed by atoms with Crippen molar-refractivity contribution >= 4 is 5.69 Å². The summed E-state index contributed by atoms with van der Waals surface area (Å²) in [7, 11) is 0. The minimum absolute atomic E-state index is 0.578. The van der Waals surface area contributed by atoms with Gasteiger partial charge in [0.1, 0.15) is 17.6 Å². The molecule has 0 saturated carbocycles. The van der Waals surface area contributed by atoms with E-state index in [-0.39, 0.29) is 0 Å². The highest BCUT2D eigenvalue weighted by Crippen LogP contribution is 2.26. The molecule has 0 spiro atoms. The first-order valence-corrected chi connectivity index (χ1v) is 4.05. The second-order valence-electron chi connectivity index (χ2n) is 2.93. The summed E-state index contributed by atoms with van der Waals surface area (Å²) in [5, 5.41) is 3.85. The summed E-state index contributed by atoms with van der Waals surface area (Å²) >= 11 is 0. The molecule has 0 aliphatic carbocycles. The Bertz CT molecular complexity index is 420. The van der Waals surface area contributed by atoms with Crippen molar-refractivity contribution in [3.63, 3.8) is 0 Å². The number of aromatic nitrogens is 1. The Labute approximate surface area is 76.2 Å². The Morgan fingerprint density at radius 2 is 2.08 bits per heavy atom. The highest BCUT2D eigenvalue weighted by molar-refractivity contribution is 5.73. The Balaban J connectivity index is 2.59. The summed E-state index contributed by atoms with van der Waals surface area (Å²) in [6.45, 7) is 2.02. The third-order valence-corrected chi connectivity index (χ3v) is 2.00. The van der Waals surface area contributed by atoms with Crippen LogP contribution in [0.5, 0.6) is 0 Å². The summed E-state index contributed by atoms with van der Waals surface area (Å²) in [6, 6.07) is 7.93. The van der Waals surface area contributed by atoms with Gasteiger partial charge in [0, 0.05) is 5.56 Å². The van der Waals surface area contributed by atoms with E-state index in [2.05, 4.69) is 5.16 Å². The normalized spacial score (nSPS) is 10.2. The molecule has 0 fully saturated rings. The van der Waals surface area contributed by atoms with Crippen LogP contribution in [0.2, 0.25) is 0 Å². The van der Waals surface area contributed by atoms with Crippen molar-refractivity contribution in [3.8, 4) is 11.3 Å². The van der Waals surface area contributed by atoms with Gasteiger partial charge in [0.2, 0.25) is 0 Å². The van der Waals surface area contributed by atoms with Gasteiger partial charge >= 0.3 is 0 Å². The number of nitrogen functional groups attached to an aromatic ring is 1. The molecule has 2 N–H and O–H groups in total. The van der Waals surface area contributed by atoms with Crippen LogP contribution in [0.3, 0.4) is 0 Å². The molecule has 3 heteroatoms. The maximum Gasteiger partial charge on any atom is 0.147 e. The monoisotopic (exact) mass is 174 g/mol. The van der Waals surface area contributed by atoms with E-state index >= 15 is 0 Å². The highest BCUT2D eigenvalue weighted by Gasteiger charge is 2.08. The number of hydrogen-bond acceptors (Lipinski definition) is 3. The quantitative estimate of drug-likeness (QED) is 0.721. The number of hydrogen-bond donors (Lipinski definition) is 1. The molecule has 0 radical (unpaired) electrons. The van der Waals surface area contributed by atoms with Crippen LogP contribution in [-0.2, 0) is 0 Å². The third-order valence-electron chi connectivity index (χ3n) is 2.00. The molecule has 0 aliphatic heterocycles. The van der Waals surface area contributed by atoms with E-state index in [1.807, 2.05) is 31.2 Å². The number of benzene rings is 1. The fourth-order valence-electron chi connectivity index (χ4n) is 1.29. The summed E-state index contributed by atoms with van der Waals surface area (Å²) in [4.78, 5) is 0. The van der Waals surface area contributed by atoms with Crippen LogP contribution in [0, 0.1) is 6.92 Å². The van der Waals surface area contributed by atoms with Crippen LogP contribution in [0.15, 0.2) is 35.1 Å². The molecular formula is C10H10N2O. The predicted octanol–water partition coefficient (Wildman–Crippen LogP) is 2.23. The second kappa shape index (κ2) is 2.94. The van der Waals surface area contributed by atoms with Gasteiger partial charge < -0.3 is 10.3 Å². The van der Waals surface area contributed by atoms with Gasteiger partial charge in [-0.05, 0) is 12.5 Å². The van der Waals surface area contributed by atoms with Gasteiger partial charge in [0.05, 0.1) is 0 Å². The van der Waals surface area contributed by atoms with E-state index in [0.717, 1.165) is 16.8 Å². The molecule has 3 nitrogen and oxygen atoms in total. The molecule has 0 saturated heterocycles. The average molecular weight is 174 g/mol. The first-order valence-electron chi connectivity index (χ1n) is 4.05.